The first-order valence-electron chi connectivity index (χ1n) is 6.54. The molecule has 16 heavy (non-hydrogen) atoms. The largest absolute Gasteiger partial charge is 0.308 e. The number of hydrogen-bond acceptors (Lipinski definition) is 2. The normalized spacial score (nSPS) is 19.1. The first-order chi connectivity index (χ1) is 7.83. The van der Waals surface area contributed by atoms with Crippen LogP contribution in [0.1, 0.15) is 50.8 Å². The van der Waals surface area contributed by atoms with E-state index in [9.17, 15) is 0 Å². The summed E-state index contributed by atoms with van der Waals surface area (Å²) in [4.78, 5) is 0. The predicted molar refractivity (Wildman–Crippen MR) is 66.2 cm³/mol. The Balaban J connectivity index is 2.10. The van der Waals surface area contributed by atoms with Crippen molar-refractivity contribution in [3.05, 3.63) is 18.0 Å². The smallest absolute Gasteiger partial charge is 0.0553 e. The highest BCUT2D eigenvalue weighted by Crippen LogP contribution is 2.35. The molecule has 1 heterocycles. The Morgan fingerprint density at radius 3 is 2.81 bits per heavy atom. The van der Waals surface area contributed by atoms with Crippen molar-refractivity contribution in [1.82, 2.24) is 15.1 Å². The molecule has 2 rings (SSSR count). The zero-order valence-electron chi connectivity index (χ0n) is 10.4. The second kappa shape index (κ2) is 5.48. The molecule has 0 amide bonds. The molecule has 1 N–H and O–H groups in total. The molecule has 0 radical (unpaired) electrons. The van der Waals surface area contributed by atoms with E-state index in [1.165, 1.54) is 37.8 Å². The van der Waals surface area contributed by atoms with Gasteiger partial charge in [-0.05, 0) is 37.8 Å². The summed E-state index contributed by atoms with van der Waals surface area (Å²) in [6.45, 7) is 3.33. The van der Waals surface area contributed by atoms with E-state index in [2.05, 4.69) is 23.4 Å². The molecule has 1 unspecified atom stereocenters. The lowest BCUT2D eigenvalue weighted by Crippen LogP contribution is -2.29. The molecular formula is C13H23N3. The molecule has 1 aliphatic rings. The molecule has 0 saturated heterocycles. The number of aromatic nitrogens is 2. The number of nitrogens with one attached hydrogen (secondary N) is 1. The van der Waals surface area contributed by atoms with Crippen LogP contribution in [0.5, 0.6) is 0 Å². The van der Waals surface area contributed by atoms with Crippen molar-refractivity contribution in [3.8, 4) is 0 Å². The summed E-state index contributed by atoms with van der Waals surface area (Å²) in [5.74, 6) is 0.807. The van der Waals surface area contributed by atoms with E-state index in [0.29, 0.717) is 6.04 Å². The zero-order chi connectivity index (χ0) is 11.4. The minimum absolute atomic E-state index is 0.509. The Morgan fingerprint density at radius 1 is 1.50 bits per heavy atom. The third-order valence-electron chi connectivity index (χ3n) is 3.66. The highest BCUT2D eigenvalue weighted by atomic mass is 15.3. The third kappa shape index (κ3) is 2.46. The molecule has 0 bridgehead atoms. The van der Waals surface area contributed by atoms with Gasteiger partial charge in [-0.25, -0.2) is 0 Å². The molecule has 0 aromatic carbocycles. The molecule has 1 aliphatic carbocycles. The Bertz CT molecular complexity index is 313. The van der Waals surface area contributed by atoms with Gasteiger partial charge in [0.25, 0.3) is 0 Å². The van der Waals surface area contributed by atoms with Gasteiger partial charge in [0.1, 0.15) is 0 Å². The van der Waals surface area contributed by atoms with Crippen LogP contribution in [-0.2, 0) is 7.05 Å². The van der Waals surface area contributed by atoms with Crippen molar-refractivity contribution < 1.29 is 0 Å². The fourth-order valence-corrected chi connectivity index (χ4v) is 2.79. The molecule has 1 aromatic heterocycles. The van der Waals surface area contributed by atoms with Gasteiger partial charge in [0.05, 0.1) is 11.7 Å². The van der Waals surface area contributed by atoms with Gasteiger partial charge in [-0.3, -0.25) is 4.68 Å². The highest BCUT2D eigenvalue weighted by molar-refractivity contribution is 5.09. The maximum atomic E-state index is 4.29. The monoisotopic (exact) mass is 221 g/mol. The maximum Gasteiger partial charge on any atom is 0.0553 e. The maximum absolute atomic E-state index is 4.29. The lowest BCUT2D eigenvalue weighted by atomic mass is 9.95. The number of aryl methyl sites for hydroxylation is 1. The standard InChI is InChI=1S/C13H23N3/c1-3-9-14-13(11-6-4-5-7-11)12-8-10-15-16(12)2/h8,10-11,13-14H,3-7,9H2,1-2H3. The summed E-state index contributed by atoms with van der Waals surface area (Å²) >= 11 is 0. The van der Waals surface area contributed by atoms with Crippen molar-refractivity contribution >= 4 is 0 Å². The summed E-state index contributed by atoms with van der Waals surface area (Å²) in [6.07, 6.45) is 8.63. The van der Waals surface area contributed by atoms with Gasteiger partial charge in [0.2, 0.25) is 0 Å². The molecule has 1 atom stereocenters. The van der Waals surface area contributed by atoms with Crippen molar-refractivity contribution in [2.45, 2.75) is 45.1 Å². The van der Waals surface area contributed by atoms with Crippen LogP contribution in [0.2, 0.25) is 0 Å². The molecule has 90 valence electrons. The fourth-order valence-electron chi connectivity index (χ4n) is 2.79. The SMILES string of the molecule is CCCNC(c1ccnn1C)C1CCCC1. The summed E-state index contributed by atoms with van der Waals surface area (Å²) in [6, 6.07) is 2.67. The van der Waals surface area contributed by atoms with Gasteiger partial charge in [-0.1, -0.05) is 19.8 Å². The molecule has 3 nitrogen and oxygen atoms in total. The Hall–Kier alpha value is -0.830. The third-order valence-corrected chi connectivity index (χ3v) is 3.66. The van der Waals surface area contributed by atoms with Crippen LogP contribution in [0, 0.1) is 5.92 Å². The molecule has 0 spiro atoms. The number of hydrogen-bond donors (Lipinski definition) is 1. The van der Waals surface area contributed by atoms with E-state index < -0.39 is 0 Å². The average molecular weight is 221 g/mol. The molecule has 1 aromatic rings. The van der Waals surface area contributed by atoms with Crippen LogP contribution in [0.15, 0.2) is 12.3 Å². The second-order valence-electron chi connectivity index (χ2n) is 4.86. The van der Waals surface area contributed by atoms with Gasteiger partial charge >= 0.3 is 0 Å². The van der Waals surface area contributed by atoms with Crippen LogP contribution in [-0.4, -0.2) is 16.3 Å². The van der Waals surface area contributed by atoms with E-state index in [0.717, 1.165) is 12.5 Å². The van der Waals surface area contributed by atoms with E-state index >= 15 is 0 Å². The van der Waals surface area contributed by atoms with Gasteiger partial charge in [0, 0.05) is 13.2 Å². The Labute approximate surface area is 98.2 Å². The van der Waals surface area contributed by atoms with Crippen LogP contribution in [0.3, 0.4) is 0 Å². The van der Waals surface area contributed by atoms with E-state index in [-0.39, 0.29) is 0 Å². The first-order valence-corrected chi connectivity index (χ1v) is 6.54. The van der Waals surface area contributed by atoms with E-state index in [1.54, 1.807) is 0 Å². The Kier molecular flexibility index (Phi) is 3.99. The summed E-state index contributed by atoms with van der Waals surface area (Å²) in [7, 11) is 2.05. The van der Waals surface area contributed by atoms with Crippen molar-refractivity contribution in [3.63, 3.8) is 0 Å². The molecule has 0 aliphatic heterocycles. The van der Waals surface area contributed by atoms with Crippen LogP contribution >= 0.6 is 0 Å². The minimum atomic E-state index is 0.509. The second-order valence-corrected chi connectivity index (χ2v) is 4.86. The zero-order valence-corrected chi connectivity index (χ0v) is 10.4. The minimum Gasteiger partial charge on any atom is -0.308 e. The van der Waals surface area contributed by atoms with Crippen LogP contribution < -0.4 is 5.32 Å². The van der Waals surface area contributed by atoms with E-state index in [4.69, 9.17) is 0 Å². The topological polar surface area (TPSA) is 29.9 Å². The van der Waals surface area contributed by atoms with Gasteiger partial charge in [-0.2, -0.15) is 5.10 Å². The lowest BCUT2D eigenvalue weighted by molar-refractivity contribution is 0.351. The summed E-state index contributed by atoms with van der Waals surface area (Å²) in [5.41, 5.74) is 1.35. The number of rotatable bonds is 5. The molecule has 1 fully saturated rings. The summed E-state index contributed by atoms with van der Waals surface area (Å²) in [5, 5.41) is 7.99. The number of nitrogens with zero attached hydrogens (tertiary/aromatic N) is 2. The van der Waals surface area contributed by atoms with Gasteiger partial charge < -0.3 is 5.32 Å². The average Bonchev–Trinajstić information content (AvgIpc) is 2.91. The Morgan fingerprint density at radius 2 is 2.25 bits per heavy atom. The van der Waals surface area contributed by atoms with Crippen LogP contribution in [0.25, 0.3) is 0 Å². The quantitative estimate of drug-likeness (QED) is 0.828. The molecule has 3 heteroatoms. The van der Waals surface area contributed by atoms with Crippen LogP contribution in [0.4, 0.5) is 0 Å². The molecule has 1 saturated carbocycles. The molecular weight excluding hydrogens is 198 g/mol. The van der Waals surface area contributed by atoms with Gasteiger partial charge in [-0.15, -0.1) is 0 Å². The summed E-state index contributed by atoms with van der Waals surface area (Å²) < 4.78 is 2.02. The predicted octanol–water partition coefficient (Wildman–Crippen LogP) is 2.65. The van der Waals surface area contributed by atoms with Gasteiger partial charge in [0.15, 0.2) is 0 Å². The first kappa shape index (κ1) is 11.6. The fraction of sp³-hybridized carbons (Fsp3) is 0.769. The van der Waals surface area contributed by atoms with E-state index in [1.807, 2.05) is 17.9 Å². The van der Waals surface area contributed by atoms with Crippen molar-refractivity contribution in [1.29, 1.82) is 0 Å². The highest BCUT2D eigenvalue weighted by Gasteiger charge is 2.27. The van der Waals surface area contributed by atoms with Crippen molar-refractivity contribution in [2.24, 2.45) is 13.0 Å². The lowest BCUT2D eigenvalue weighted by Gasteiger charge is -2.24. The van der Waals surface area contributed by atoms with Crippen molar-refractivity contribution in [2.75, 3.05) is 6.54 Å².